The fourth-order valence-electron chi connectivity index (χ4n) is 4.68. The second-order valence-corrected chi connectivity index (χ2v) is 9.32. The molecule has 0 atom stereocenters. The van der Waals surface area contributed by atoms with Crippen molar-refractivity contribution in [2.45, 2.75) is 64.1 Å². The van der Waals surface area contributed by atoms with Gasteiger partial charge in [-0.25, -0.2) is 0 Å². The van der Waals surface area contributed by atoms with Crippen molar-refractivity contribution in [1.82, 2.24) is 25.0 Å². The summed E-state index contributed by atoms with van der Waals surface area (Å²) in [4.78, 5) is 15.2. The molecule has 1 aliphatic carbocycles. The van der Waals surface area contributed by atoms with Crippen molar-refractivity contribution in [1.29, 1.82) is 0 Å². The monoisotopic (exact) mass is 385 g/mol. The zero-order valence-electron chi connectivity index (χ0n) is 15.7. The summed E-state index contributed by atoms with van der Waals surface area (Å²) >= 11 is 1.78. The number of hydrogen-bond acceptors (Lipinski definition) is 5. The smallest absolute Gasteiger partial charge is 0.289 e. The lowest BCUT2D eigenvalue weighted by molar-refractivity contribution is 0.0616. The largest absolute Gasteiger partial charge is 0.347 e. The molecule has 7 heteroatoms. The number of thiophene rings is 1. The Balaban J connectivity index is 1.25. The number of aryl methyl sites for hydroxylation is 1. The number of likely N-dealkylation sites (tertiary alicyclic amines) is 1. The van der Waals surface area contributed by atoms with Crippen molar-refractivity contribution in [2.75, 3.05) is 13.1 Å². The number of nitrogens with zero attached hydrogens (tertiary/aromatic N) is 4. The van der Waals surface area contributed by atoms with E-state index in [0.717, 1.165) is 51.3 Å². The van der Waals surface area contributed by atoms with Crippen LogP contribution in [-0.4, -0.2) is 44.7 Å². The van der Waals surface area contributed by atoms with Crippen molar-refractivity contribution < 1.29 is 4.79 Å². The van der Waals surface area contributed by atoms with Crippen LogP contribution in [0.25, 0.3) is 0 Å². The lowest BCUT2D eigenvalue weighted by Gasteiger charge is -2.44. The Morgan fingerprint density at radius 1 is 1.26 bits per heavy atom. The highest BCUT2D eigenvalue weighted by atomic mass is 32.1. The average molecular weight is 386 g/mol. The summed E-state index contributed by atoms with van der Waals surface area (Å²) in [6.45, 7) is 4.23. The Hall–Kier alpha value is -1.73. The second kappa shape index (κ2) is 7.02. The molecule has 1 N–H and O–H groups in total. The van der Waals surface area contributed by atoms with Gasteiger partial charge in [-0.3, -0.25) is 9.69 Å². The van der Waals surface area contributed by atoms with Crippen LogP contribution >= 0.6 is 11.3 Å². The third kappa shape index (κ3) is 3.43. The Morgan fingerprint density at radius 3 is 2.81 bits per heavy atom. The molecular formula is C20H27N5OS. The van der Waals surface area contributed by atoms with Crippen LogP contribution in [0.5, 0.6) is 0 Å². The van der Waals surface area contributed by atoms with Crippen molar-refractivity contribution in [3.05, 3.63) is 34.0 Å². The molecule has 1 spiro atoms. The first-order valence-electron chi connectivity index (χ1n) is 10.2. The van der Waals surface area contributed by atoms with Crippen LogP contribution in [0.15, 0.2) is 16.8 Å². The number of hydrogen-bond donors (Lipinski definition) is 1. The van der Waals surface area contributed by atoms with E-state index in [0.29, 0.717) is 17.3 Å². The van der Waals surface area contributed by atoms with Gasteiger partial charge in [-0.1, -0.05) is 0 Å². The third-order valence-corrected chi connectivity index (χ3v) is 7.48. The average Bonchev–Trinajstić information content (AvgIpc) is 3.29. The summed E-state index contributed by atoms with van der Waals surface area (Å²) < 4.78 is 2.12. The molecule has 3 aliphatic rings. The predicted molar refractivity (Wildman–Crippen MR) is 105 cm³/mol. The lowest BCUT2D eigenvalue weighted by atomic mass is 9.73. The maximum absolute atomic E-state index is 12.6. The molecule has 2 fully saturated rings. The van der Waals surface area contributed by atoms with Gasteiger partial charge in [0, 0.05) is 25.6 Å². The summed E-state index contributed by atoms with van der Waals surface area (Å²) in [7, 11) is 0. The number of carbonyl (C=O) groups excluding carboxylic acids is 1. The van der Waals surface area contributed by atoms with E-state index in [4.69, 9.17) is 0 Å². The van der Waals surface area contributed by atoms with E-state index in [1.54, 1.807) is 11.3 Å². The van der Waals surface area contributed by atoms with Crippen molar-refractivity contribution in [2.24, 2.45) is 5.41 Å². The Morgan fingerprint density at radius 2 is 2.11 bits per heavy atom. The minimum Gasteiger partial charge on any atom is -0.347 e. The summed E-state index contributed by atoms with van der Waals surface area (Å²) in [6, 6.07) is 2.56. The van der Waals surface area contributed by atoms with Crippen LogP contribution in [0.1, 0.15) is 60.5 Å². The number of amides is 1. The van der Waals surface area contributed by atoms with Crippen molar-refractivity contribution >= 4 is 17.2 Å². The standard InChI is InChI=1S/C20H27N5OS/c26-19(21-16-2-1-3-16)18-23-22-17-4-6-20(14-25(17)18)7-9-24(10-8-20)12-15-5-11-27-13-15/h5,11,13,16H,1-4,6-10,12,14H2,(H,21,26). The number of nitrogens with one attached hydrogen (secondary N) is 1. The van der Waals surface area contributed by atoms with Gasteiger partial charge in [0.05, 0.1) is 0 Å². The first kappa shape index (κ1) is 17.4. The summed E-state index contributed by atoms with van der Waals surface area (Å²) in [5.41, 5.74) is 1.72. The molecule has 2 aliphatic heterocycles. The maximum Gasteiger partial charge on any atom is 0.289 e. The highest BCUT2D eigenvalue weighted by molar-refractivity contribution is 7.07. The number of aromatic nitrogens is 3. The SMILES string of the molecule is O=C(NC1CCC1)c1nnc2n1CC1(CC2)CCN(Cc2ccsc2)CC1. The van der Waals surface area contributed by atoms with Gasteiger partial charge >= 0.3 is 0 Å². The molecule has 6 nitrogen and oxygen atoms in total. The lowest BCUT2D eigenvalue weighted by Crippen LogP contribution is -2.45. The molecule has 1 saturated carbocycles. The molecule has 1 saturated heterocycles. The van der Waals surface area contributed by atoms with Gasteiger partial charge in [0.15, 0.2) is 0 Å². The molecule has 144 valence electrons. The first-order valence-corrected chi connectivity index (χ1v) is 11.1. The summed E-state index contributed by atoms with van der Waals surface area (Å²) in [5, 5.41) is 16.1. The quantitative estimate of drug-likeness (QED) is 0.879. The van der Waals surface area contributed by atoms with E-state index in [1.807, 2.05) is 0 Å². The number of rotatable bonds is 4. The molecule has 0 unspecified atom stereocenters. The van der Waals surface area contributed by atoms with Gasteiger partial charge < -0.3 is 9.88 Å². The molecule has 27 heavy (non-hydrogen) atoms. The number of fused-ring (bicyclic) bond motifs is 1. The molecule has 0 aromatic carbocycles. The molecule has 0 bridgehead atoms. The highest BCUT2D eigenvalue weighted by Crippen LogP contribution is 2.41. The van der Waals surface area contributed by atoms with Gasteiger partial charge in [-0.05, 0) is 79.4 Å². The first-order chi connectivity index (χ1) is 13.2. The van der Waals surface area contributed by atoms with Gasteiger partial charge in [-0.2, -0.15) is 11.3 Å². The minimum atomic E-state index is -0.0367. The van der Waals surface area contributed by atoms with E-state index >= 15 is 0 Å². The number of carbonyl (C=O) groups is 1. The third-order valence-electron chi connectivity index (χ3n) is 6.75. The molecular weight excluding hydrogens is 358 g/mol. The molecule has 0 radical (unpaired) electrons. The predicted octanol–water partition coefficient (Wildman–Crippen LogP) is 2.85. The topological polar surface area (TPSA) is 63.1 Å². The van der Waals surface area contributed by atoms with Crippen LogP contribution in [0, 0.1) is 5.41 Å². The molecule has 1 amide bonds. The minimum absolute atomic E-state index is 0.0367. The Bertz CT molecular complexity index is 802. The van der Waals surface area contributed by atoms with E-state index in [-0.39, 0.29) is 5.91 Å². The molecule has 2 aromatic rings. The van der Waals surface area contributed by atoms with Gasteiger partial charge in [0.25, 0.3) is 5.91 Å². The van der Waals surface area contributed by atoms with E-state index in [9.17, 15) is 4.79 Å². The second-order valence-electron chi connectivity index (χ2n) is 8.54. The van der Waals surface area contributed by atoms with Crippen LogP contribution in [0.4, 0.5) is 0 Å². The van der Waals surface area contributed by atoms with Crippen molar-refractivity contribution in [3.63, 3.8) is 0 Å². The van der Waals surface area contributed by atoms with E-state index in [2.05, 4.69) is 41.8 Å². The molecule has 5 rings (SSSR count). The fraction of sp³-hybridized carbons (Fsp3) is 0.650. The normalized spacial score (nSPS) is 22.4. The molecule has 2 aromatic heterocycles. The maximum atomic E-state index is 12.6. The molecule has 4 heterocycles. The van der Waals surface area contributed by atoms with Crippen LogP contribution in [0.2, 0.25) is 0 Å². The number of piperidine rings is 1. The van der Waals surface area contributed by atoms with Gasteiger partial charge in [-0.15, -0.1) is 10.2 Å². The van der Waals surface area contributed by atoms with Crippen LogP contribution in [-0.2, 0) is 19.5 Å². The highest BCUT2D eigenvalue weighted by Gasteiger charge is 2.40. The Kier molecular flexibility index (Phi) is 4.52. The summed E-state index contributed by atoms with van der Waals surface area (Å²) in [6.07, 6.45) is 7.90. The zero-order valence-corrected chi connectivity index (χ0v) is 16.5. The van der Waals surface area contributed by atoms with E-state index in [1.165, 1.54) is 31.2 Å². The fourth-order valence-corrected chi connectivity index (χ4v) is 5.34. The van der Waals surface area contributed by atoms with Gasteiger partial charge in [0.2, 0.25) is 5.82 Å². The van der Waals surface area contributed by atoms with Crippen LogP contribution in [0.3, 0.4) is 0 Å². The Labute approximate surface area is 164 Å². The zero-order chi connectivity index (χ0) is 18.3. The van der Waals surface area contributed by atoms with Crippen LogP contribution < -0.4 is 5.32 Å². The van der Waals surface area contributed by atoms with E-state index < -0.39 is 0 Å². The summed E-state index contributed by atoms with van der Waals surface area (Å²) in [5.74, 6) is 1.47. The van der Waals surface area contributed by atoms with Crippen molar-refractivity contribution in [3.8, 4) is 0 Å². The van der Waals surface area contributed by atoms with Gasteiger partial charge in [0.1, 0.15) is 5.82 Å².